The Bertz CT molecular complexity index is 466. The van der Waals surface area contributed by atoms with E-state index in [0.29, 0.717) is 25.9 Å². The standard InChI is InChI=1S/C11H11FN2O3/c12-9-2-1-3-10(11(9)14(16)17)13-6-4-8(15)5-7-13/h1-3H,4-7H2. The van der Waals surface area contributed by atoms with Crippen LogP contribution in [0.15, 0.2) is 18.2 Å². The molecule has 1 heterocycles. The van der Waals surface area contributed by atoms with Crippen molar-refractivity contribution >= 4 is 17.2 Å². The first-order valence-electron chi connectivity index (χ1n) is 5.29. The van der Waals surface area contributed by atoms with Crippen LogP contribution in [-0.4, -0.2) is 23.8 Å². The Hall–Kier alpha value is -1.98. The van der Waals surface area contributed by atoms with Gasteiger partial charge >= 0.3 is 5.69 Å². The molecule has 0 bridgehead atoms. The maximum atomic E-state index is 13.4. The van der Waals surface area contributed by atoms with E-state index in [1.165, 1.54) is 12.1 Å². The van der Waals surface area contributed by atoms with Crippen LogP contribution >= 0.6 is 0 Å². The van der Waals surface area contributed by atoms with Crippen LogP contribution in [0.25, 0.3) is 0 Å². The number of hydrogen-bond donors (Lipinski definition) is 0. The Labute approximate surface area is 97.0 Å². The van der Waals surface area contributed by atoms with Crippen LogP contribution < -0.4 is 4.90 Å². The van der Waals surface area contributed by atoms with Gasteiger partial charge in [0.25, 0.3) is 0 Å². The highest BCUT2D eigenvalue weighted by Crippen LogP contribution is 2.31. The van der Waals surface area contributed by atoms with Gasteiger partial charge in [-0.25, -0.2) is 0 Å². The molecule has 2 rings (SSSR count). The van der Waals surface area contributed by atoms with Crippen LogP contribution in [0, 0.1) is 15.9 Å². The molecule has 1 aliphatic heterocycles. The van der Waals surface area contributed by atoms with Gasteiger partial charge in [-0.05, 0) is 12.1 Å². The molecule has 1 aliphatic rings. The second kappa shape index (κ2) is 4.48. The highest BCUT2D eigenvalue weighted by molar-refractivity contribution is 5.81. The van der Waals surface area contributed by atoms with Crippen LogP contribution in [0.3, 0.4) is 0 Å². The molecule has 1 aromatic carbocycles. The Morgan fingerprint density at radius 1 is 1.29 bits per heavy atom. The van der Waals surface area contributed by atoms with Gasteiger partial charge in [-0.15, -0.1) is 0 Å². The van der Waals surface area contributed by atoms with Crippen molar-refractivity contribution in [1.82, 2.24) is 0 Å². The summed E-state index contributed by atoms with van der Waals surface area (Å²) >= 11 is 0. The number of halogens is 1. The molecule has 0 aromatic heterocycles. The molecule has 0 amide bonds. The highest BCUT2D eigenvalue weighted by atomic mass is 19.1. The van der Waals surface area contributed by atoms with Gasteiger partial charge < -0.3 is 4.90 Å². The van der Waals surface area contributed by atoms with Crippen molar-refractivity contribution in [1.29, 1.82) is 0 Å². The molecule has 6 heteroatoms. The van der Waals surface area contributed by atoms with E-state index in [-0.39, 0.29) is 11.5 Å². The van der Waals surface area contributed by atoms with Crippen molar-refractivity contribution in [2.75, 3.05) is 18.0 Å². The normalized spacial score (nSPS) is 16.1. The molecule has 90 valence electrons. The van der Waals surface area contributed by atoms with Crippen molar-refractivity contribution in [2.45, 2.75) is 12.8 Å². The SMILES string of the molecule is O=C1CCN(c2cccc(F)c2[N+](=O)[O-])CC1. The van der Waals surface area contributed by atoms with Crippen molar-refractivity contribution < 1.29 is 14.1 Å². The Morgan fingerprint density at radius 2 is 1.94 bits per heavy atom. The van der Waals surface area contributed by atoms with Crippen molar-refractivity contribution in [3.05, 3.63) is 34.1 Å². The maximum absolute atomic E-state index is 13.4. The summed E-state index contributed by atoms with van der Waals surface area (Å²) in [5, 5.41) is 10.8. The molecule has 0 N–H and O–H groups in total. The number of piperidine rings is 1. The van der Waals surface area contributed by atoms with Gasteiger partial charge in [0.1, 0.15) is 11.5 Å². The number of anilines is 1. The highest BCUT2D eigenvalue weighted by Gasteiger charge is 2.26. The van der Waals surface area contributed by atoms with E-state index in [4.69, 9.17) is 0 Å². The molecule has 1 saturated heterocycles. The van der Waals surface area contributed by atoms with Gasteiger partial charge in [-0.3, -0.25) is 14.9 Å². The fourth-order valence-electron chi connectivity index (χ4n) is 1.94. The van der Waals surface area contributed by atoms with E-state index in [9.17, 15) is 19.3 Å². The summed E-state index contributed by atoms with van der Waals surface area (Å²) in [4.78, 5) is 22.9. The van der Waals surface area contributed by atoms with Gasteiger partial charge in [0.05, 0.1) is 4.92 Å². The zero-order chi connectivity index (χ0) is 12.4. The van der Waals surface area contributed by atoms with Crippen LogP contribution in [0.1, 0.15) is 12.8 Å². The predicted octanol–water partition coefficient (Wildman–Crippen LogP) is 1.90. The molecule has 5 nitrogen and oxygen atoms in total. The second-order valence-electron chi connectivity index (χ2n) is 3.89. The summed E-state index contributed by atoms with van der Waals surface area (Å²) in [5.74, 6) is -0.704. The van der Waals surface area contributed by atoms with E-state index in [2.05, 4.69) is 0 Å². The largest absolute Gasteiger partial charge is 0.365 e. The maximum Gasteiger partial charge on any atom is 0.327 e. The number of rotatable bonds is 2. The fourth-order valence-corrected chi connectivity index (χ4v) is 1.94. The third kappa shape index (κ3) is 2.25. The van der Waals surface area contributed by atoms with Gasteiger partial charge in [0.15, 0.2) is 0 Å². The number of nitro groups is 1. The third-order valence-electron chi connectivity index (χ3n) is 2.81. The van der Waals surface area contributed by atoms with E-state index in [1.807, 2.05) is 0 Å². The first-order valence-corrected chi connectivity index (χ1v) is 5.29. The monoisotopic (exact) mass is 238 g/mol. The van der Waals surface area contributed by atoms with Gasteiger partial charge in [0, 0.05) is 25.9 Å². The molecule has 0 atom stereocenters. The molecule has 0 aliphatic carbocycles. The molecular formula is C11H11FN2O3. The lowest BCUT2D eigenvalue weighted by Gasteiger charge is -2.27. The van der Waals surface area contributed by atoms with E-state index in [1.54, 1.807) is 4.90 Å². The summed E-state index contributed by atoms with van der Waals surface area (Å²) in [5.41, 5.74) is -0.260. The number of carbonyl (C=O) groups excluding carboxylic acids is 1. The lowest BCUT2D eigenvalue weighted by Crippen LogP contribution is -2.34. The lowest BCUT2D eigenvalue weighted by atomic mass is 10.1. The average molecular weight is 238 g/mol. The number of nitro benzene ring substituents is 1. The van der Waals surface area contributed by atoms with Crippen molar-refractivity contribution in [2.24, 2.45) is 0 Å². The molecule has 17 heavy (non-hydrogen) atoms. The Balaban J connectivity index is 2.35. The Morgan fingerprint density at radius 3 is 2.53 bits per heavy atom. The van der Waals surface area contributed by atoms with Gasteiger partial charge in [-0.2, -0.15) is 4.39 Å². The minimum atomic E-state index is -0.843. The molecule has 0 unspecified atom stereocenters. The first-order chi connectivity index (χ1) is 8.09. The van der Waals surface area contributed by atoms with Crippen LogP contribution in [0.2, 0.25) is 0 Å². The van der Waals surface area contributed by atoms with Crippen LogP contribution in [0.4, 0.5) is 15.8 Å². The lowest BCUT2D eigenvalue weighted by molar-refractivity contribution is -0.386. The van der Waals surface area contributed by atoms with Crippen molar-refractivity contribution in [3.8, 4) is 0 Å². The van der Waals surface area contributed by atoms with Gasteiger partial charge in [-0.1, -0.05) is 6.07 Å². The van der Waals surface area contributed by atoms with Crippen molar-refractivity contribution in [3.63, 3.8) is 0 Å². The molecule has 0 saturated carbocycles. The number of Topliss-reactive ketones (excluding diaryl/α,β-unsaturated/α-hetero) is 1. The number of hydrogen-bond acceptors (Lipinski definition) is 4. The topological polar surface area (TPSA) is 63.5 Å². The summed E-state index contributed by atoms with van der Waals surface area (Å²) < 4.78 is 13.4. The zero-order valence-corrected chi connectivity index (χ0v) is 9.06. The summed E-state index contributed by atoms with van der Waals surface area (Å²) in [6.45, 7) is 0.812. The Kier molecular flexibility index (Phi) is 3.03. The number of carbonyl (C=O) groups is 1. The van der Waals surface area contributed by atoms with Gasteiger partial charge in [0.2, 0.25) is 5.82 Å². The number of ketones is 1. The quantitative estimate of drug-likeness (QED) is 0.583. The predicted molar refractivity (Wildman–Crippen MR) is 59.5 cm³/mol. The van der Waals surface area contributed by atoms with Crippen LogP contribution in [0.5, 0.6) is 0 Å². The smallest absolute Gasteiger partial charge is 0.327 e. The molecule has 0 radical (unpaired) electrons. The number of para-hydroxylation sites is 1. The molecular weight excluding hydrogens is 227 g/mol. The molecule has 1 aromatic rings. The van der Waals surface area contributed by atoms with Crippen LogP contribution in [-0.2, 0) is 4.79 Å². The summed E-state index contributed by atoms with van der Waals surface area (Å²) in [6.07, 6.45) is 0.710. The minimum absolute atomic E-state index is 0.139. The second-order valence-corrected chi connectivity index (χ2v) is 3.89. The number of nitrogens with zero attached hydrogens (tertiary/aromatic N) is 2. The first kappa shape index (κ1) is 11.5. The summed E-state index contributed by atoms with van der Waals surface area (Å²) in [7, 11) is 0. The summed E-state index contributed by atoms with van der Waals surface area (Å²) in [6, 6.07) is 4.02. The van der Waals surface area contributed by atoms with E-state index < -0.39 is 16.4 Å². The van der Waals surface area contributed by atoms with E-state index >= 15 is 0 Å². The third-order valence-corrected chi connectivity index (χ3v) is 2.81. The minimum Gasteiger partial charge on any atom is -0.365 e. The van der Waals surface area contributed by atoms with E-state index in [0.717, 1.165) is 6.07 Å². The fraction of sp³-hybridized carbons (Fsp3) is 0.364. The average Bonchev–Trinajstić information content (AvgIpc) is 2.29. The molecule has 0 spiro atoms. The zero-order valence-electron chi connectivity index (χ0n) is 9.06. The molecule has 1 fully saturated rings. The number of benzene rings is 1.